The molecule has 4 N–H and O–H groups in total. The molecule has 2 aromatic rings. The van der Waals surface area contributed by atoms with Crippen LogP contribution in [0.2, 0.25) is 0 Å². The second kappa shape index (κ2) is 18.2. The van der Waals surface area contributed by atoms with Crippen LogP contribution < -0.4 is 16.4 Å². The minimum atomic E-state index is 0. The van der Waals surface area contributed by atoms with Crippen LogP contribution in [0.4, 0.5) is 10.8 Å². The largest absolute Gasteiger partial charge is 0.375 e. The highest BCUT2D eigenvalue weighted by Crippen LogP contribution is 2.28. The summed E-state index contributed by atoms with van der Waals surface area (Å²) in [6, 6.07) is 6.85. The molecule has 1 amide bonds. The van der Waals surface area contributed by atoms with Gasteiger partial charge in [-0.15, -0.1) is 48.6 Å². The number of aryl methyl sites for hydroxylation is 1. The summed E-state index contributed by atoms with van der Waals surface area (Å²) in [4.78, 5) is 19.7. The summed E-state index contributed by atoms with van der Waals surface area (Å²) >= 11 is 1.65. The smallest absolute Gasteiger partial charge is 0.228 e. The second-order valence-corrected chi connectivity index (χ2v) is 10.2. The van der Waals surface area contributed by atoms with Crippen molar-refractivity contribution < 1.29 is 4.79 Å². The highest BCUT2D eigenvalue weighted by atomic mass is 35.5. The molecule has 206 valence electrons. The zero-order valence-electron chi connectivity index (χ0n) is 21.8. The summed E-state index contributed by atoms with van der Waals surface area (Å²) in [5, 5.41) is 7.21. The molecule has 0 radical (unpaired) electrons. The van der Waals surface area contributed by atoms with E-state index in [0.717, 1.165) is 43.2 Å². The molecular weight excluding hydrogens is 537 g/mol. The van der Waals surface area contributed by atoms with Crippen LogP contribution in [0.5, 0.6) is 0 Å². The number of thiazole rings is 1. The molecule has 6 nitrogen and oxygen atoms in total. The van der Waals surface area contributed by atoms with Gasteiger partial charge in [0.1, 0.15) is 0 Å². The lowest BCUT2D eigenvalue weighted by Crippen LogP contribution is -2.34. The molecule has 1 aliphatic heterocycles. The minimum absolute atomic E-state index is 0. The van der Waals surface area contributed by atoms with Crippen LogP contribution in [-0.2, 0) is 30.5 Å². The molecule has 2 aliphatic rings. The topological polar surface area (TPSA) is 83.3 Å². The third-order valence-corrected chi connectivity index (χ3v) is 7.25. The molecule has 0 unspecified atom stereocenters. The number of hydrogen-bond acceptors (Lipinski definition) is 6. The lowest BCUT2D eigenvalue weighted by atomic mass is 9.98. The van der Waals surface area contributed by atoms with Gasteiger partial charge in [-0.2, -0.15) is 0 Å². The second-order valence-electron chi connectivity index (χ2n) is 9.08. The number of nitrogens with one attached hydrogen (secondary N) is 2. The maximum Gasteiger partial charge on any atom is 0.228 e. The van der Waals surface area contributed by atoms with Crippen LogP contribution in [0.15, 0.2) is 18.2 Å². The van der Waals surface area contributed by atoms with Gasteiger partial charge in [-0.1, -0.05) is 32.9 Å². The normalized spacial score (nSPS) is 15.3. The molecule has 4 rings (SSSR count). The van der Waals surface area contributed by atoms with Crippen LogP contribution in [0.1, 0.15) is 68.2 Å². The predicted octanol–water partition coefficient (Wildman–Crippen LogP) is 5.69. The van der Waals surface area contributed by atoms with E-state index < -0.39 is 0 Å². The summed E-state index contributed by atoms with van der Waals surface area (Å²) in [5.74, 6) is 0.126. The van der Waals surface area contributed by atoms with Crippen LogP contribution in [0.3, 0.4) is 0 Å². The minimum Gasteiger partial charge on any atom is -0.375 e. The number of anilines is 2. The van der Waals surface area contributed by atoms with Gasteiger partial charge in [0.2, 0.25) is 5.91 Å². The number of benzene rings is 1. The van der Waals surface area contributed by atoms with Gasteiger partial charge in [-0.25, -0.2) is 4.98 Å². The number of fused-ring (bicyclic) bond motifs is 2. The molecule has 36 heavy (non-hydrogen) atoms. The molecule has 1 aromatic carbocycles. The molecule has 1 aliphatic carbocycles. The van der Waals surface area contributed by atoms with E-state index in [4.69, 9.17) is 5.73 Å². The molecule has 0 spiro atoms. The number of carbonyl (C=O) groups excluding carboxylic acids is 1. The van der Waals surface area contributed by atoms with Gasteiger partial charge in [-0.05, 0) is 81.8 Å². The maximum absolute atomic E-state index is 11.5. The lowest BCUT2D eigenvalue weighted by molar-refractivity contribution is -0.115. The number of carbonyl (C=O) groups is 1. The van der Waals surface area contributed by atoms with Gasteiger partial charge in [0.25, 0.3) is 0 Å². The average molecular weight is 581 g/mol. The Morgan fingerprint density at radius 3 is 2.50 bits per heavy atom. The molecule has 0 saturated carbocycles. The Balaban J connectivity index is 0.000000650. The summed E-state index contributed by atoms with van der Waals surface area (Å²) in [7, 11) is 0. The van der Waals surface area contributed by atoms with E-state index in [1.165, 1.54) is 60.5 Å². The van der Waals surface area contributed by atoms with E-state index >= 15 is 0 Å². The van der Waals surface area contributed by atoms with E-state index in [1.54, 1.807) is 11.3 Å². The molecule has 1 aromatic heterocycles. The van der Waals surface area contributed by atoms with Crippen molar-refractivity contribution in [1.29, 1.82) is 0 Å². The summed E-state index contributed by atoms with van der Waals surface area (Å²) < 4.78 is 0. The van der Waals surface area contributed by atoms with E-state index in [2.05, 4.69) is 47.4 Å². The van der Waals surface area contributed by atoms with Gasteiger partial charge < -0.3 is 21.3 Å². The lowest BCUT2D eigenvalue weighted by Gasteiger charge is -2.21. The highest BCUT2D eigenvalue weighted by molar-refractivity contribution is 7.15. The Hall–Kier alpha value is -1.09. The fourth-order valence-electron chi connectivity index (χ4n) is 4.71. The van der Waals surface area contributed by atoms with Gasteiger partial charge in [0, 0.05) is 23.2 Å². The number of nitrogens with two attached hydrogens (primary N) is 1. The van der Waals surface area contributed by atoms with Gasteiger partial charge in [0.05, 0.1) is 12.1 Å². The molecule has 0 bridgehead atoms. The summed E-state index contributed by atoms with van der Waals surface area (Å²) in [6.45, 7) is 11.2. The Morgan fingerprint density at radius 1 is 1.11 bits per heavy atom. The first-order valence-electron chi connectivity index (χ1n) is 12.6. The molecular formula is C26H44Cl3N5OS. The highest BCUT2D eigenvalue weighted by Gasteiger charge is 2.21. The van der Waals surface area contributed by atoms with Crippen molar-refractivity contribution in [2.24, 2.45) is 0 Å². The van der Waals surface area contributed by atoms with Gasteiger partial charge in [0.15, 0.2) is 5.13 Å². The number of hydrogen-bond donors (Lipinski definition) is 3. The van der Waals surface area contributed by atoms with Crippen LogP contribution in [-0.4, -0.2) is 48.0 Å². The number of nitrogen functional groups attached to an aromatic ring is 1. The van der Waals surface area contributed by atoms with Crippen molar-refractivity contribution in [2.75, 3.05) is 37.2 Å². The zero-order valence-corrected chi connectivity index (χ0v) is 25.1. The average Bonchev–Trinajstić information content (AvgIpc) is 3.37. The number of aromatic nitrogens is 1. The fraction of sp³-hybridized carbons (Fsp3) is 0.615. The third kappa shape index (κ3) is 10.3. The third-order valence-electron chi connectivity index (χ3n) is 6.30. The summed E-state index contributed by atoms with van der Waals surface area (Å²) in [5.41, 5.74) is 10.5. The Morgan fingerprint density at radius 2 is 1.83 bits per heavy atom. The first kappa shape index (κ1) is 34.9. The number of rotatable bonds is 10. The monoisotopic (exact) mass is 579 g/mol. The van der Waals surface area contributed by atoms with Crippen molar-refractivity contribution in [3.63, 3.8) is 0 Å². The fourth-order valence-corrected chi connectivity index (χ4v) is 5.67. The number of amides is 1. The molecule has 0 fully saturated rings. The van der Waals surface area contributed by atoms with E-state index in [0.29, 0.717) is 12.5 Å². The standard InChI is InChI=1S/C16H24N2O.C10H17N3S.3ClH/c1-3-9-18(10-4-2)11-8-13-6-5-7-15-14(13)12-16(19)17-15;1-2-5-12-7-3-4-8-9(6-7)14-10(11)13-8;;;/h5-7H,3-4,8-12H2,1-2H3,(H,17,19);7,12H,2-6H2,1H3,(H2,11,13);3*1H/t;7-;;;/m.0.../s1. The van der Waals surface area contributed by atoms with Crippen LogP contribution in [0.25, 0.3) is 0 Å². The quantitative estimate of drug-likeness (QED) is 0.336. The van der Waals surface area contributed by atoms with E-state index in [9.17, 15) is 4.79 Å². The van der Waals surface area contributed by atoms with Crippen molar-refractivity contribution in [3.05, 3.63) is 39.9 Å². The Bertz CT molecular complexity index is 906. The molecule has 0 saturated heterocycles. The first-order valence-corrected chi connectivity index (χ1v) is 13.5. The Kier molecular flexibility index (Phi) is 17.7. The Labute approximate surface area is 239 Å². The van der Waals surface area contributed by atoms with Gasteiger partial charge in [-0.3, -0.25) is 4.79 Å². The van der Waals surface area contributed by atoms with E-state index in [-0.39, 0.29) is 43.1 Å². The van der Waals surface area contributed by atoms with Gasteiger partial charge >= 0.3 is 0 Å². The first-order chi connectivity index (χ1) is 16.0. The number of nitrogens with zero attached hydrogens (tertiary/aromatic N) is 2. The molecule has 2 heterocycles. The van der Waals surface area contributed by atoms with Crippen molar-refractivity contribution >= 4 is 65.3 Å². The van der Waals surface area contributed by atoms with Crippen LogP contribution >= 0.6 is 48.6 Å². The van der Waals surface area contributed by atoms with Crippen molar-refractivity contribution in [2.45, 2.75) is 78.2 Å². The predicted molar refractivity (Wildman–Crippen MR) is 162 cm³/mol. The molecule has 10 heteroatoms. The van der Waals surface area contributed by atoms with Crippen LogP contribution in [0, 0.1) is 0 Å². The molecule has 1 atom stereocenters. The maximum atomic E-state index is 11.5. The summed E-state index contributed by atoms with van der Waals surface area (Å²) in [6.07, 6.45) is 8.60. The SMILES string of the molecule is CCCN(CCC)CCc1cccc2c1CC(=O)N2.CCCN[C@H]1CCc2nc(N)sc2C1.Cl.Cl.Cl. The van der Waals surface area contributed by atoms with Crippen molar-refractivity contribution in [3.8, 4) is 0 Å². The van der Waals surface area contributed by atoms with Crippen molar-refractivity contribution in [1.82, 2.24) is 15.2 Å². The zero-order chi connectivity index (χ0) is 23.6. The van der Waals surface area contributed by atoms with E-state index in [1.807, 2.05) is 12.1 Å². The number of halogens is 3.